The second-order valence-electron chi connectivity index (χ2n) is 6.79. The maximum atomic E-state index is 12.4. The highest BCUT2D eigenvalue weighted by atomic mass is 32.1. The Bertz CT molecular complexity index is 1080. The summed E-state index contributed by atoms with van der Waals surface area (Å²) >= 11 is 2.42. The van der Waals surface area contributed by atoms with E-state index in [1.54, 1.807) is 13.8 Å². The zero-order valence-electron chi connectivity index (χ0n) is 16.7. The highest BCUT2D eigenvalue weighted by Gasteiger charge is 2.30. The summed E-state index contributed by atoms with van der Waals surface area (Å²) in [6, 6.07) is 0. The highest BCUT2D eigenvalue weighted by Crippen LogP contribution is 2.26. The number of fused-ring (bicyclic) bond motifs is 2. The largest absolute Gasteiger partial charge is 0.379 e. The zero-order chi connectivity index (χ0) is 22.1. The molecule has 11 heteroatoms. The molecule has 0 amide bonds. The molecular weight excluding hydrogens is 440 g/mol. The Morgan fingerprint density at radius 2 is 1.19 bits per heavy atom. The summed E-state index contributed by atoms with van der Waals surface area (Å²) in [5.74, 6) is -1.06. The van der Waals surface area contributed by atoms with Crippen molar-refractivity contribution in [3.8, 4) is 0 Å². The predicted octanol–water partition coefficient (Wildman–Crippen LogP) is 1.64. The first-order valence-corrected chi connectivity index (χ1v) is 11.1. The smallest absolute Gasteiger partial charge is 0.228 e. The van der Waals surface area contributed by atoms with Crippen LogP contribution < -0.4 is 10.6 Å². The molecular formula is C20H18N4O5S2. The van der Waals surface area contributed by atoms with Crippen molar-refractivity contribution in [3.05, 3.63) is 54.7 Å². The number of nitrogens with zero attached hydrogens (tertiary/aromatic N) is 2. The van der Waals surface area contributed by atoms with E-state index in [1.165, 1.54) is 34.8 Å². The molecule has 0 aliphatic heterocycles. The molecule has 2 N–H and O–H groups in total. The minimum Gasteiger partial charge on any atom is -0.379 e. The molecule has 2 aromatic rings. The van der Waals surface area contributed by atoms with Gasteiger partial charge in [0.05, 0.1) is 34.6 Å². The van der Waals surface area contributed by atoms with Gasteiger partial charge in [-0.1, -0.05) is 0 Å². The quantitative estimate of drug-likeness (QED) is 0.567. The van der Waals surface area contributed by atoms with E-state index in [0.717, 1.165) is 0 Å². The van der Waals surface area contributed by atoms with Gasteiger partial charge in [-0.2, -0.15) is 0 Å². The van der Waals surface area contributed by atoms with Gasteiger partial charge in [-0.3, -0.25) is 19.2 Å². The van der Waals surface area contributed by atoms with Crippen LogP contribution in [0, 0.1) is 13.8 Å². The Morgan fingerprint density at radius 1 is 0.774 bits per heavy atom. The van der Waals surface area contributed by atoms with Crippen molar-refractivity contribution in [2.75, 3.05) is 26.3 Å². The van der Waals surface area contributed by atoms with E-state index < -0.39 is 0 Å². The van der Waals surface area contributed by atoms with Crippen LogP contribution in [-0.4, -0.2) is 59.4 Å². The SMILES string of the molecule is Cc1nc2c(s1)C(=O)C=C(NCCOCCNC1=CC(=O)c3sc(C)nc3C1=O)C2=O. The molecule has 9 nitrogen and oxygen atoms in total. The number of carbonyl (C=O) groups excluding carboxylic acids is 4. The van der Waals surface area contributed by atoms with E-state index in [1.807, 2.05) is 0 Å². The van der Waals surface area contributed by atoms with E-state index >= 15 is 0 Å². The van der Waals surface area contributed by atoms with Crippen LogP contribution in [0.15, 0.2) is 23.5 Å². The standard InChI is InChI=1S/C20H18N4O5S2/c1-9-23-15-17(27)11(7-13(25)19(15)30-9)21-3-5-29-6-4-22-12-8-14(26)20-16(18(12)28)24-10(2)31-20/h7-8,21-22H,3-6H2,1-2H3. The number of aromatic nitrogens is 2. The van der Waals surface area contributed by atoms with Crippen LogP contribution in [0.4, 0.5) is 0 Å². The monoisotopic (exact) mass is 458 g/mol. The molecule has 0 radical (unpaired) electrons. The number of thiazole rings is 2. The number of nitrogens with one attached hydrogen (secondary N) is 2. The molecule has 0 fully saturated rings. The summed E-state index contributed by atoms with van der Waals surface area (Å²) in [6.45, 7) is 4.72. The van der Waals surface area contributed by atoms with Crippen LogP contribution in [-0.2, 0) is 4.74 Å². The molecule has 0 atom stereocenters. The fourth-order valence-electron chi connectivity index (χ4n) is 3.16. The van der Waals surface area contributed by atoms with Crippen LogP contribution in [0.25, 0.3) is 0 Å². The third kappa shape index (κ3) is 4.24. The van der Waals surface area contributed by atoms with Gasteiger partial charge in [0.1, 0.15) is 21.1 Å². The lowest BCUT2D eigenvalue weighted by Gasteiger charge is -2.14. The van der Waals surface area contributed by atoms with Crippen molar-refractivity contribution in [3.63, 3.8) is 0 Å². The van der Waals surface area contributed by atoms with E-state index in [2.05, 4.69) is 20.6 Å². The number of carbonyl (C=O) groups is 4. The Morgan fingerprint density at radius 3 is 1.61 bits per heavy atom. The lowest BCUT2D eigenvalue weighted by molar-refractivity contribution is 0.0968. The van der Waals surface area contributed by atoms with E-state index in [4.69, 9.17) is 4.74 Å². The third-order valence-electron chi connectivity index (χ3n) is 4.51. The second-order valence-corrected chi connectivity index (χ2v) is 9.20. The summed E-state index contributed by atoms with van der Waals surface area (Å²) in [6.07, 6.45) is 2.58. The van der Waals surface area contributed by atoms with Crippen LogP contribution in [0.5, 0.6) is 0 Å². The number of rotatable bonds is 8. The highest BCUT2D eigenvalue weighted by molar-refractivity contribution is 7.14. The van der Waals surface area contributed by atoms with Crippen molar-refractivity contribution in [2.24, 2.45) is 0 Å². The molecule has 0 aromatic carbocycles. The van der Waals surface area contributed by atoms with Gasteiger partial charge in [0.15, 0.2) is 11.6 Å². The summed E-state index contributed by atoms with van der Waals surface area (Å²) in [7, 11) is 0. The van der Waals surface area contributed by atoms with Gasteiger partial charge < -0.3 is 15.4 Å². The molecule has 2 aliphatic rings. The number of allylic oxidation sites excluding steroid dienone is 4. The summed E-state index contributed by atoms with van der Waals surface area (Å²) in [5.41, 5.74) is 0.799. The first-order valence-electron chi connectivity index (χ1n) is 9.47. The minimum atomic E-state index is -0.301. The van der Waals surface area contributed by atoms with Gasteiger partial charge in [0, 0.05) is 25.2 Å². The minimum absolute atomic E-state index is 0.195. The first kappa shape index (κ1) is 21.2. The molecule has 0 saturated heterocycles. The predicted molar refractivity (Wildman–Crippen MR) is 114 cm³/mol. The lowest BCUT2D eigenvalue weighted by atomic mass is 10.0. The van der Waals surface area contributed by atoms with Crippen molar-refractivity contribution in [2.45, 2.75) is 13.8 Å². The zero-order valence-corrected chi connectivity index (χ0v) is 18.4. The van der Waals surface area contributed by atoms with Gasteiger partial charge in [0.2, 0.25) is 11.6 Å². The molecule has 0 spiro atoms. The fraction of sp³-hybridized carbons (Fsp3) is 0.300. The van der Waals surface area contributed by atoms with Crippen LogP contribution in [0.3, 0.4) is 0 Å². The van der Waals surface area contributed by atoms with Crippen molar-refractivity contribution >= 4 is 45.8 Å². The Kier molecular flexibility index (Phi) is 5.90. The molecule has 31 heavy (non-hydrogen) atoms. The normalized spacial score (nSPS) is 15.4. The second kappa shape index (κ2) is 8.61. The van der Waals surface area contributed by atoms with Crippen molar-refractivity contribution in [1.82, 2.24) is 20.6 Å². The third-order valence-corrected chi connectivity index (χ3v) is 6.48. The van der Waals surface area contributed by atoms with E-state index in [-0.39, 0.29) is 59.1 Å². The number of hydrogen-bond acceptors (Lipinski definition) is 11. The van der Waals surface area contributed by atoms with Gasteiger partial charge in [0.25, 0.3) is 0 Å². The molecule has 0 unspecified atom stereocenters. The van der Waals surface area contributed by atoms with Crippen molar-refractivity contribution < 1.29 is 23.9 Å². The van der Waals surface area contributed by atoms with Gasteiger partial charge in [-0.05, 0) is 13.8 Å². The Labute approximate surface area is 185 Å². The first-order chi connectivity index (χ1) is 14.8. The van der Waals surface area contributed by atoms with Crippen molar-refractivity contribution in [1.29, 1.82) is 0 Å². The van der Waals surface area contributed by atoms with Gasteiger partial charge in [-0.15, -0.1) is 22.7 Å². The summed E-state index contributed by atoms with van der Waals surface area (Å²) < 4.78 is 5.49. The number of ketones is 4. The lowest BCUT2D eigenvalue weighted by Crippen LogP contribution is -2.31. The molecule has 2 aliphatic carbocycles. The van der Waals surface area contributed by atoms with Crippen LogP contribution in [0.1, 0.15) is 50.3 Å². The molecule has 0 bridgehead atoms. The number of aryl methyl sites for hydroxylation is 2. The maximum absolute atomic E-state index is 12.4. The van der Waals surface area contributed by atoms with Crippen LogP contribution in [0.2, 0.25) is 0 Å². The number of ether oxygens (including phenoxy) is 1. The van der Waals surface area contributed by atoms with Gasteiger partial charge in [-0.25, -0.2) is 9.97 Å². The Balaban J connectivity index is 1.19. The van der Waals surface area contributed by atoms with Gasteiger partial charge >= 0.3 is 0 Å². The molecule has 2 heterocycles. The average Bonchev–Trinajstić information content (AvgIpc) is 3.32. The Hall–Kier alpha value is -3.02. The number of Topliss-reactive ketones (excluding diaryl/α,β-unsaturated/α-hetero) is 2. The molecule has 0 saturated carbocycles. The molecule has 160 valence electrons. The summed E-state index contributed by atoms with van der Waals surface area (Å²) in [4.78, 5) is 58.1. The summed E-state index contributed by atoms with van der Waals surface area (Å²) in [5, 5.41) is 7.17. The van der Waals surface area contributed by atoms with E-state index in [0.29, 0.717) is 32.9 Å². The van der Waals surface area contributed by atoms with E-state index in [9.17, 15) is 19.2 Å². The maximum Gasteiger partial charge on any atom is 0.228 e. The van der Waals surface area contributed by atoms with Crippen LogP contribution >= 0.6 is 22.7 Å². The average molecular weight is 459 g/mol. The number of hydrogen-bond donors (Lipinski definition) is 2. The molecule has 2 aromatic heterocycles. The topological polar surface area (TPSA) is 127 Å². The molecule has 4 rings (SSSR count). The fourth-order valence-corrected chi connectivity index (χ4v) is 4.81.